The molecule has 11 heteroatoms. The molecule has 3 aromatic heterocycles. The lowest BCUT2D eigenvalue weighted by molar-refractivity contribution is -0.141. The van der Waals surface area contributed by atoms with Gasteiger partial charge in [0.2, 0.25) is 0 Å². The zero-order chi connectivity index (χ0) is 24.4. The van der Waals surface area contributed by atoms with E-state index in [0.29, 0.717) is 47.4 Å². The van der Waals surface area contributed by atoms with Crippen LogP contribution in [0.15, 0.2) is 61.1 Å². The predicted molar refractivity (Wildman–Crippen MR) is 121 cm³/mol. The third kappa shape index (κ3) is 4.84. The lowest BCUT2D eigenvalue weighted by Gasteiger charge is -2.15. The van der Waals surface area contributed by atoms with Gasteiger partial charge in [0.1, 0.15) is 29.3 Å². The molecule has 35 heavy (non-hydrogen) atoms. The highest BCUT2D eigenvalue weighted by molar-refractivity contribution is 6.06. The van der Waals surface area contributed by atoms with Gasteiger partial charge in [0, 0.05) is 18.3 Å². The minimum atomic E-state index is -4.53. The van der Waals surface area contributed by atoms with Gasteiger partial charge in [-0.2, -0.15) is 13.2 Å². The van der Waals surface area contributed by atoms with Crippen LogP contribution in [-0.2, 0) is 12.7 Å². The minimum absolute atomic E-state index is 0.231. The lowest BCUT2D eigenvalue weighted by Crippen LogP contribution is -2.16. The number of carbonyl (C=O) groups is 1. The molecule has 0 unspecified atom stereocenters. The molecule has 5 rings (SSSR count). The maximum absolute atomic E-state index is 13.2. The first-order chi connectivity index (χ1) is 16.9. The molecule has 2 bridgehead atoms. The Morgan fingerprint density at radius 1 is 1.03 bits per heavy atom. The van der Waals surface area contributed by atoms with Crippen molar-refractivity contribution in [3.63, 3.8) is 0 Å². The third-order valence-corrected chi connectivity index (χ3v) is 5.50. The number of alkyl halides is 3. The van der Waals surface area contributed by atoms with Crippen LogP contribution < -0.4 is 10.1 Å². The monoisotopic (exact) mass is 480 g/mol. The number of nitrogens with zero attached hydrogens (tertiary/aromatic N) is 5. The summed E-state index contributed by atoms with van der Waals surface area (Å²) in [6.07, 6.45) is -0.244. The van der Waals surface area contributed by atoms with Crippen LogP contribution in [0.5, 0.6) is 5.75 Å². The van der Waals surface area contributed by atoms with Gasteiger partial charge in [0.25, 0.3) is 5.91 Å². The minimum Gasteiger partial charge on any atom is -0.493 e. The Hall–Kier alpha value is -4.28. The number of aromatic nitrogens is 5. The highest BCUT2D eigenvalue weighted by Crippen LogP contribution is 2.31. The number of amides is 1. The molecule has 0 aliphatic carbocycles. The van der Waals surface area contributed by atoms with Crippen LogP contribution in [0.4, 0.5) is 19.0 Å². The molecule has 0 atom stereocenters. The molecule has 0 fully saturated rings. The van der Waals surface area contributed by atoms with Gasteiger partial charge in [-0.1, -0.05) is 18.2 Å². The summed E-state index contributed by atoms with van der Waals surface area (Å²) >= 11 is 0. The zero-order valence-corrected chi connectivity index (χ0v) is 18.3. The van der Waals surface area contributed by atoms with Crippen molar-refractivity contribution in [1.82, 2.24) is 24.7 Å². The fourth-order valence-electron chi connectivity index (χ4n) is 3.74. The number of ether oxygens (including phenoxy) is 1. The summed E-state index contributed by atoms with van der Waals surface area (Å²) in [6.45, 7) is 1.05. The summed E-state index contributed by atoms with van der Waals surface area (Å²) in [6, 6.07) is 12.3. The quantitative estimate of drug-likeness (QED) is 0.419. The number of carbonyl (C=O) groups excluding carboxylic acids is 1. The van der Waals surface area contributed by atoms with E-state index in [2.05, 4.69) is 25.5 Å². The molecule has 4 heterocycles. The van der Waals surface area contributed by atoms with E-state index in [4.69, 9.17) is 4.74 Å². The van der Waals surface area contributed by atoms with Gasteiger partial charge in [-0.05, 0) is 48.7 Å². The van der Waals surface area contributed by atoms with E-state index in [1.165, 1.54) is 6.07 Å². The topological polar surface area (TPSA) is 94.8 Å². The van der Waals surface area contributed by atoms with Crippen molar-refractivity contribution in [2.75, 3.05) is 11.9 Å². The third-order valence-electron chi connectivity index (χ3n) is 5.50. The van der Waals surface area contributed by atoms with Crippen LogP contribution >= 0.6 is 0 Å². The second-order valence-electron chi connectivity index (χ2n) is 7.91. The Morgan fingerprint density at radius 3 is 2.69 bits per heavy atom. The number of hydrogen-bond acceptors (Lipinski definition) is 6. The van der Waals surface area contributed by atoms with Crippen LogP contribution in [0.2, 0.25) is 0 Å². The van der Waals surface area contributed by atoms with Gasteiger partial charge < -0.3 is 14.6 Å². The van der Waals surface area contributed by atoms with Crippen molar-refractivity contribution in [1.29, 1.82) is 0 Å². The molecule has 1 amide bonds. The van der Waals surface area contributed by atoms with Crippen molar-refractivity contribution in [2.24, 2.45) is 0 Å². The Kier molecular flexibility index (Phi) is 5.89. The Balaban J connectivity index is 1.50. The van der Waals surface area contributed by atoms with Crippen molar-refractivity contribution >= 4 is 11.7 Å². The molecular formula is C24H19F3N6O2. The van der Waals surface area contributed by atoms with Crippen LogP contribution in [0.1, 0.15) is 28.9 Å². The maximum Gasteiger partial charge on any atom is 0.433 e. The van der Waals surface area contributed by atoms with Crippen LogP contribution in [0, 0.1) is 0 Å². The number of benzene rings is 1. The summed E-state index contributed by atoms with van der Waals surface area (Å²) in [5, 5.41) is 10.9. The Bertz CT molecular complexity index is 1370. The molecule has 0 saturated heterocycles. The summed E-state index contributed by atoms with van der Waals surface area (Å²) in [5.74, 6) is 0.803. The first kappa shape index (κ1) is 22.5. The molecule has 1 aliphatic rings. The van der Waals surface area contributed by atoms with Gasteiger partial charge in [-0.15, -0.1) is 10.2 Å². The molecule has 4 aromatic rings. The number of rotatable bonds is 1. The van der Waals surface area contributed by atoms with E-state index < -0.39 is 17.8 Å². The number of nitrogens with one attached hydrogen (secondary N) is 1. The van der Waals surface area contributed by atoms with Crippen molar-refractivity contribution in [2.45, 2.75) is 25.6 Å². The number of aryl methyl sites for hydroxylation is 1. The molecule has 0 saturated carbocycles. The second kappa shape index (κ2) is 9.16. The molecule has 1 N–H and O–H groups in total. The van der Waals surface area contributed by atoms with Gasteiger partial charge in [0.15, 0.2) is 5.82 Å². The highest BCUT2D eigenvalue weighted by Gasteiger charge is 2.32. The van der Waals surface area contributed by atoms with Crippen LogP contribution in [-0.4, -0.2) is 37.2 Å². The summed E-state index contributed by atoms with van der Waals surface area (Å²) in [7, 11) is 0. The number of pyridine rings is 2. The predicted octanol–water partition coefficient (Wildman–Crippen LogP) is 4.85. The molecule has 0 spiro atoms. The van der Waals surface area contributed by atoms with Crippen LogP contribution in [0.25, 0.3) is 22.6 Å². The van der Waals surface area contributed by atoms with Crippen LogP contribution in [0.3, 0.4) is 0 Å². The van der Waals surface area contributed by atoms with E-state index in [1.54, 1.807) is 42.7 Å². The molecular weight excluding hydrogens is 461 g/mol. The van der Waals surface area contributed by atoms with E-state index >= 15 is 0 Å². The molecule has 178 valence electrons. The number of fused-ring (bicyclic) bond motifs is 5. The first-order valence-electron chi connectivity index (χ1n) is 10.9. The summed E-state index contributed by atoms with van der Waals surface area (Å²) in [4.78, 5) is 21.2. The maximum atomic E-state index is 13.2. The first-order valence-corrected chi connectivity index (χ1v) is 10.9. The number of halogens is 3. The van der Waals surface area contributed by atoms with Crippen molar-refractivity contribution < 1.29 is 22.7 Å². The average molecular weight is 480 g/mol. The second-order valence-corrected chi connectivity index (χ2v) is 7.91. The molecule has 1 aliphatic heterocycles. The van der Waals surface area contributed by atoms with E-state index in [9.17, 15) is 18.0 Å². The average Bonchev–Trinajstić information content (AvgIpc) is 3.32. The Morgan fingerprint density at radius 2 is 1.89 bits per heavy atom. The fraction of sp³-hybridized carbons (Fsp3) is 0.208. The largest absolute Gasteiger partial charge is 0.493 e. The zero-order valence-electron chi connectivity index (χ0n) is 18.3. The summed E-state index contributed by atoms with van der Waals surface area (Å²) < 4.78 is 46.4. The number of hydrogen-bond donors (Lipinski definition) is 1. The van der Waals surface area contributed by atoms with Gasteiger partial charge in [0.05, 0.1) is 12.2 Å². The highest BCUT2D eigenvalue weighted by atomic mass is 19.4. The van der Waals surface area contributed by atoms with Crippen molar-refractivity contribution in [3.8, 4) is 28.4 Å². The van der Waals surface area contributed by atoms with Gasteiger partial charge in [-0.25, -0.2) is 4.98 Å². The standard InChI is InChI=1S/C24H19F3N6O2/c25-24(26,27)20-9-7-16(13-28-20)15-6-8-19-17(12-15)23(34)31-21-5-3-4-18(30-21)22-32-29-14-33(22)10-1-2-11-35-19/h3-9,12-14H,1-2,10-11H2,(H,30,31,34). The van der Waals surface area contributed by atoms with E-state index in [1.807, 2.05) is 4.57 Å². The van der Waals surface area contributed by atoms with Crippen molar-refractivity contribution in [3.05, 3.63) is 72.3 Å². The normalized spacial score (nSPS) is 14.2. The van der Waals surface area contributed by atoms with E-state index in [0.717, 1.165) is 25.1 Å². The fourth-order valence-corrected chi connectivity index (χ4v) is 3.74. The molecule has 1 aromatic carbocycles. The summed E-state index contributed by atoms with van der Waals surface area (Å²) in [5.41, 5.74) is 0.780. The number of anilines is 1. The SMILES string of the molecule is O=C1Nc2cccc(n2)-c2nncn2CCCCOc2ccc(-c3ccc(C(F)(F)F)nc3)cc21. The molecule has 0 radical (unpaired) electrons. The van der Waals surface area contributed by atoms with E-state index in [-0.39, 0.29) is 5.56 Å². The van der Waals surface area contributed by atoms with Gasteiger partial charge >= 0.3 is 6.18 Å². The van der Waals surface area contributed by atoms with Gasteiger partial charge in [-0.3, -0.25) is 9.78 Å². The lowest BCUT2D eigenvalue weighted by atomic mass is 10.0. The smallest absolute Gasteiger partial charge is 0.433 e. The molecule has 8 nitrogen and oxygen atoms in total. The Labute approximate surface area is 197 Å².